The maximum Gasteiger partial charge on any atom is 0.123 e. The van der Waals surface area contributed by atoms with Crippen molar-refractivity contribution >= 4 is 11.6 Å². The third-order valence-electron chi connectivity index (χ3n) is 3.60. The van der Waals surface area contributed by atoms with Crippen molar-refractivity contribution in [2.24, 2.45) is 0 Å². The van der Waals surface area contributed by atoms with Crippen LogP contribution in [0.15, 0.2) is 48.5 Å². The summed E-state index contributed by atoms with van der Waals surface area (Å²) in [7, 11) is 0. The standard InChI is InChI=1S/C19H17NO/c1-19(2)12-16-10-14(8-9-18(16)21-19)11-17(13-20)15-6-4-3-5-7-15/h3-11H,12H2,1-2H3/b17-11+. The van der Waals surface area contributed by atoms with Crippen LogP contribution in [0.4, 0.5) is 0 Å². The molecule has 0 amide bonds. The summed E-state index contributed by atoms with van der Waals surface area (Å²) in [5, 5.41) is 9.37. The number of rotatable bonds is 2. The number of nitriles is 1. The number of ether oxygens (including phenoxy) is 1. The third-order valence-corrected chi connectivity index (χ3v) is 3.60. The highest BCUT2D eigenvalue weighted by atomic mass is 16.5. The first-order valence-corrected chi connectivity index (χ1v) is 7.07. The lowest BCUT2D eigenvalue weighted by Gasteiger charge is -2.16. The first-order chi connectivity index (χ1) is 10.1. The van der Waals surface area contributed by atoms with E-state index in [0.717, 1.165) is 23.3 Å². The molecular weight excluding hydrogens is 258 g/mol. The number of fused-ring (bicyclic) bond motifs is 1. The molecule has 0 unspecified atom stereocenters. The Morgan fingerprint density at radius 2 is 1.95 bits per heavy atom. The van der Waals surface area contributed by atoms with Crippen LogP contribution in [-0.2, 0) is 6.42 Å². The lowest BCUT2D eigenvalue weighted by molar-refractivity contribution is 0.138. The topological polar surface area (TPSA) is 33.0 Å². The molecule has 21 heavy (non-hydrogen) atoms. The minimum atomic E-state index is -0.137. The Balaban J connectivity index is 1.96. The summed E-state index contributed by atoms with van der Waals surface area (Å²) < 4.78 is 5.88. The summed E-state index contributed by atoms with van der Waals surface area (Å²) in [4.78, 5) is 0. The van der Waals surface area contributed by atoms with Gasteiger partial charge in [0.1, 0.15) is 11.4 Å². The fraction of sp³-hybridized carbons (Fsp3) is 0.211. The van der Waals surface area contributed by atoms with Gasteiger partial charge in [-0.05, 0) is 48.7 Å². The van der Waals surface area contributed by atoms with Crippen LogP contribution in [0.3, 0.4) is 0 Å². The van der Waals surface area contributed by atoms with E-state index >= 15 is 0 Å². The van der Waals surface area contributed by atoms with E-state index in [2.05, 4.69) is 26.0 Å². The molecule has 0 saturated carbocycles. The van der Waals surface area contributed by atoms with Gasteiger partial charge in [-0.15, -0.1) is 0 Å². The monoisotopic (exact) mass is 275 g/mol. The summed E-state index contributed by atoms with van der Waals surface area (Å²) >= 11 is 0. The lowest BCUT2D eigenvalue weighted by atomic mass is 9.98. The van der Waals surface area contributed by atoms with Crippen molar-refractivity contribution in [2.45, 2.75) is 25.9 Å². The molecule has 0 bridgehead atoms. The summed E-state index contributed by atoms with van der Waals surface area (Å²) in [5.74, 6) is 0.954. The smallest absolute Gasteiger partial charge is 0.123 e. The lowest BCUT2D eigenvalue weighted by Crippen LogP contribution is -2.24. The predicted molar refractivity (Wildman–Crippen MR) is 84.8 cm³/mol. The molecule has 104 valence electrons. The molecule has 0 spiro atoms. The minimum Gasteiger partial charge on any atom is -0.487 e. The molecule has 2 nitrogen and oxygen atoms in total. The van der Waals surface area contributed by atoms with Crippen molar-refractivity contribution in [2.75, 3.05) is 0 Å². The first kappa shape index (κ1) is 13.5. The number of hydrogen-bond acceptors (Lipinski definition) is 2. The fourth-order valence-electron chi connectivity index (χ4n) is 2.68. The molecule has 0 atom stereocenters. The maximum atomic E-state index is 9.37. The molecule has 1 aliphatic rings. The van der Waals surface area contributed by atoms with Gasteiger partial charge in [0.15, 0.2) is 0 Å². The number of benzene rings is 2. The van der Waals surface area contributed by atoms with Crippen molar-refractivity contribution in [1.29, 1.82) is 5.26 Å². The van der Waals surface area contributed by atoms with Crippen molar-refractivity contribution in [3.05, 3.63) is 65.2 Å². The van der Waals surface area contributed by atoms with Crippen LogP contribution < -0.4 is 4.74 Å². The molecule has 2 heteroatoms. The van der Waals surface area contributed by atoms with Crippen LogP contribution in [0.25, 0.3) is 11.6 Å². The molecule has 1 aliphatic heterocycles. The highest BCUT2D eigenvalue weighted by molar-refractivity contribution is 5.89. The first-order valence-electron chi connectivity index (χ1n) is 7.07. The van der Waals surface area contributed by atoms with Gasteiger partial charge >= 0.3 is 0 Å². The molecule has 0 radical (unpaired) electrons. The normalized spacial score (nSPS) is 16.0. The second-order valence-electron chi connectivity index (χ2n) is 5.94. The average Bonchev–Trinajstić information content (AvgIpc) is 2.78. The second kappa shape index (κ2) is 5.10. The van der Waals surface area contributed by atoms with Crippen molar-refractivity contribution in [3.63, 3.8) is 0 Å². The molecule has 2 aromatic carbocycles. The van der Waals surface area contributed by atoms with Crippen LogP contribution in [0.1, 0.15) is 30.5 Å². The molecule has 0 fully saturated rings. The van der Waals surface area contributed by atoms with Gasteiger partial charge in [0.2, 0.25) is 0 Å². The Morgan fingerprint density at radius 3 is 2.67 bits per heavy atom. The van der Waals surface area contributed by atoms with Crippen LogP contribution >= 0.6 is 0 Å². The van der Waals surface area contributed by atoms with Gasteiger partial charge in [-0.1, -0.05) is 36.4 Å². The minimum absolute atomic E-state index is 0.137. The largest absolute Gasteiger partial charge is 0.487 e. The van der Waals surface area contributed by atoms with E-state index in [1.165, 1.54) is 5.56 Å². The van der Waals surface area contributed by atoms with Crippen LogP contribution in [0.5, 0.6) is 5.75 Å². The van der Waals surface area contributed by atoms with Crippen LogP contribution in [0.2, 0.25) is 0 Å². The number of hydrogen-bond donors (Lipinski definition) is 0. The van der Waals surface area contributed by atoms with E-state index in [-0.39, 0.29) is 5.60 Å². The Morgan fingerprint density at radius 1 is 1.19 bits per heavy atom. The Bertz CT molecular complexity index is 736. The second-order valence-corrected chi connectivity index (χ2v) is 5.94. The van der Waals surface area contributed by atoms with Gasteiger partial charge in [0, 0.05) is 6.42 Å². The third kappa shape index (κ3) is 2.83. The van der Waals surface area contributed by atoms with Gasteiger partial charge in [0.05, 0.1) is 11.6 Å². The number of nitrogens with zero attached hydrogens (tertiary/aromatic N) is 1. The Labute approximate surface area is 125 Å². The summed E-state index contributed by atoms with van der Waals surface area (Å²) in [5.41, 5.74) is 3.72. The number of allylic oxidation sites excluding steroid dienone is 1. The van der Waals surface area contributed by atoms with Crippen molar-refractivity contribution < 1.29 is 4.74 Å². The van der Waals surface area contributed by atoms with Gasteiger partial charge in [-0.25, -0.2) is 0 Å². The zero-order valence-electron chi connectivity index (χ0n) is 12.3. The van der Waals surface area contributed by atoms with Gasteiger partial charge in [0.25, 0.3) is 0 Å². The molecule has 0 aliphatic carbocycles. The van der Waals surface area contributed by atoms with Crippen LogP contribution in [-0.4, -0.2) is 5.60 Å². The summed E-state index contributed by atoms with van der Waals surface area (Å²) in [6.07, 6.45) is 2.83. The molecular formula is C19H17NO. The molecule has 0 saturated heterocycles. The average molecular weight is 275 g/mol. The van der Waals surface area contributed by atoms with E-state index in [4.69, 9.17) is 4.74 Å². The zero-order valence-corrected chi connectivity index (χ0v) is 12.3. The van der Waals surface area contributed by atoms with E-state index < -0.39 is 0 Å². The van der Waals surface area contributed by atoms with Gasteiger partial charge in [-0.3, -0.25) is 0 Å². The van der Waals surface area contributed by atoms with E-state index in [1.54, 1.807) is 0 Å². The maximum absolute atomic E-state index is 9.37. The van der Waals surface area contributed by atoms with Crippen LogP contribution in [0, 0.1) is 11.3 Å². The Hall–Kier alpha value is -2.53. The predicted octanol–water partition coefficient (Wildman–Crippen LogP) is 4.46. The summed E-state index contributed by atoms with van der Waals surface area (Å²) in [6.45, 7) is 4.18. The van der Waals surface area contributed by atoms with E-state index in [9.17, 15) is 5.26 Å². The molecule has 0 N–H and O–H groups in total. The molecule has 1 heterocycles. The fourth-order valence-corrected chi connectivity index (χ4v) is 2.68. The van der Waals surface area contributed by atoms with Crippen molar-refractivity contribution in [1.82, 2.24) is 0 Å². The van der Waals surface area contributed by atoms with E-state index in [1.807, 2.05) is 48.5 Å². The van der Waals surface area contributed by atoms with E-state index in [0.29, 0.717) is 5.57 Å². The molecule has 2 aromatic rings. The van der Waals surface area contributed by atoms with Gasteiger partial charge in [-0.2, -0.15) is 5.26 Å². The highest BCUT2D eigenvalue weighted by Gasteiger charge is 2.29. The quantitative estimate of drug-likeness (QED) is 0.598. The molecule has 0 aromatic heterocycles. The highest BCUT2D eigenvalue weighted by Crippen LogP contribution is 2.35. The van der Waals surface area contributed by atoms with Gasteiger partial charge < -0.3 is 4.74 Å². The molecule has 3 rings (SSSR count). The SMILES string of the molecule is CC1(C)Cc2cc(/C=C(\C#N)c3ccccc3)ccc2O1. The summed E-state index contributed by atoms with van der Waals surface area (Å²) in [6, 6.07) is 18.1. The zero-order chi connectivity index (χ0) is 14.9. The Kier molecular flexibility index (Phi) is 3.27. The van der Waals surface area contributed by atoms with Crippen molar-refractivity contribution in [3.8, 4) is 11.8 Å².